The van der Waals surface area contributed by atoms with E-state index in [9.17, 15) is 0 Å². The number of rotatable bonds is 3. The van der Waals surface area contributed by atoms with Gasteiger partial charge in [0.25, 0.3) is 0 Å². The summed E-state index contributed by atoms with van der Waals surface area (Å²) in [5.74, 6) is 0. The number of hydrogen-bond donors (Lipinski definition) is 1. The minimum absolute atomic E-state index is 0.0552. The lowest BCUT2D eigenvalue weighted by Crippen LogP contribution is -2.07. The van der Waals surface area contributed by atoms with Crippen LogP contribution in [-0.2, 0) is 0 Å². The van der Waals surface area contributed by atoms with Crippen LogP contribution in [0.25, 0.3) is 10.6 Å². The van der Waals surface area contributed by atoms with E-state index in [4.69, 9.17) is 11.0 Å². The van der Waals surface area contributed by atoms with E-state index in [1.807, 2.05) is 25.1 Å². The Morgan fingerprint density at radius 3 is 3.00 bits per heavy atom. The molecule has 0 saturated carbocycles. The zero-order valence-corrected chi connectivity index (χ0v) is 10.2. The predicted octanol–water partition coefficient (Wildman–Crippen LogP) is 2.49. The van der Waals surface area contributed by atoms with Crippen molar-refractivity contribution in [3.05, 3.63) is 34.8 Å². The van der Waals surface area contributed by atoms with Crippen LogP contribution in [0.2, 0.25) is 0 Å². The SMILES string of the molecule is CCC(N)c1nnc(-c2cccc(C#N)c2)s1. The molecule has 2 N–H and O–H groups in total. The third-order valence-corrected chi connectivity index (χ3v) is 3.54. The first-order chi connectivity index (χ1) is 8.24. The summed E-state index contributed by atoms with van der Waals surface area (Å²) < 4.78 is 0. The molecule has 0 bridgehead atoms. The highest BCUT2D eigenvalue weighted by molar-refractivity contribution is 7.14. The fourth-order valence-electron chi connectivity index (χ4n) is 1.40. The Bertz CT molecular complexity index is 556. The maximum Gasteiger partial charge on any atom is 0.147 e. The van der Waals surface area contributed by atoms with Gasteiger partial charge in [-0.3, -0.25) is 0 Å². The summed E-state index contributed by atoms with van der Waals surface area (Å²) in [5.41, 5.74) is 7.43. The van der Waals surface area contributed by atoms with Crippen molar-refractivity contribution in [3.63, 3.8) is 0 Å². The smallest absolute Gasteiger partial charge is 0.147 e. The fraction of sp³-hybridized carbons (Fsp3) is 0.250. The summed E-state index contributed by atoms with van der Waals surface area (Å²) in [7, 11) is 0. The normalized spacial score (nSPS) is 12.1. The van der Waals surface area contributed by atoms with E-state index in [0.29, 0.717) is 5.56 Å². The van der Waals surface area contributed by atoms with E-state index in [-0.39, 0.29) is 6.04 Å². The first-order valence-corrected chi connectivity index (χ1v) is 6.15. The summed E-state index contributed by atoms with van der Waals surface area (Å²) in [6.07, 6.45) is 0.840. The Kier molecular flexibility index (Phi) is 3.47. The molecular weight excluding hydrogens is 232 g/mol. The van der Waals surface area contributed by atoms with Crippen molar-refractivity contribution in [2.45, 2.75) is 19.4 Å². The molecule has 0 radical (unpaired) electrons. The average molecular weight is 244 g/mol. The molecule has 1 unspecified atom stereocenters. The standard InChI is InChI=1S/C12H12N4S/c1-2-10(14)12-16-15-11(17-12)9-5-3-4-8(6-9)7-13/h3-6,10H,2,14H2,1H3. The van der Waals surface area contributed by atoms with Gasteiger partial charge in [-0.1, -0.05) is 30.4 Å². The topological polar surface area (TPSA) is 75.6 Å². The lowest BCUT2D eigenvalue weighted by Gasteiger charge is -2.00. The molecule has 1 atom stereocenters. The molecule has 4 nitrogen and oxygen atoms in total. The molecular formula is C12H12N4S. The van der Waals surface area contributed by atoms with Gasteiger partial charge in [-0.15, -0.1) is 10.2 Å². The van der Waals surface area contributed by atoms with Gasteiger partial charge in [0.2, 0.25) is 0 Å². The van der Waals surface area contributed by atoms with Crippen LogP contribution in [0.1, 0.15) is 30.0 Å². The third-order valence-electron chi connectivity index (χ3n) is 2.44. The Balaban J connectivity index is 2.34. The van der Waals surface area contributed by atoms with E-state index >= 15 is 0 Å². The fourth-order valence-corrected chi connectivity index (χ4v) is 2.32. The molecule has 1 aromatic heterocycles. The van der Waals surface area contributed by atoms with Crippen LogP contribution < -0.4 is 5.73 Å². The van der Waals surface area contributed by atoms with Crippen molar-refractivity contribution in [3.8, 4) is 16.6 Å². The minimum Gasteiger partial charge on any atom is -0.322 e. The molecule has 0 aliphatic carbocycles. The molecule has 0 aliphatic heterocycles. The molecule has 0 spiro atoms. The van der Waals surface area contributed by atoms with Gasteiger partial charge in [0.05, 0.1) is 17.7 Å². The Morgan fingerprint density at radius 1 is 1.47 bits per heavy atom. The van der Waals surface area contributed by atoms with E-state index in [1.54, 1.807) is 6.07 Å². The number of aromatic nitrogens is 2. The Labute approximate surface area is 104 Å². The highest BCUT2D eigenvalue weighted by Gasteiger charge is 2.11. The minimum atomic E-state index is -0.0552. The Hall–Kier alpha value is -1.77. The van der Waals surface area contributed by atoms with Gasteiger partial charge in [0, 0.05) is 5.56 Å². The second kappa shape index (κ2) is 5.04. The van der Waals surface area contributed by atoms with Gasteiger partial charge in [-0.25, -0.2) is 0 Å². The van der Waals surface area contributed by atoms with Crippen LogP contribution in [-0.4, -0.2) is 10.2 Å². The first-order valence-electron chi connectivity index (χ1n) is 5.34. The molecule has 2 aromatic rings. The highest BCUT2D eigenvalue weighted by atomic mass is 32.1. The second-order valence-corrected chi connectivity index (χ2v) is 4.66. The largest absolute Gasteiger partial charge is 0.322 e. The molecule has 5 heteroatoms. The quantitative estimate of drug-likeness (QED) is 0.900. The summed E-state index contributed by atoms with van der Waals surface area (Å²) in [4.78, 5) is 0. The van der Waals surface area contributed by atoms with E-state index in [0.717, 1.165) is 22.0 Å². The number of benzene rings is 1. The van der Waals surface area contributed by atoms with Crippen molar-refractivity contribution in [1.29, 1.82) is 5.26 Å². The zero-order chi connectivity index (χ0) is 12.3. The van der Waals surface area contributed by atoms with Crippen LogP contribution in [0.3, 0.4) is 0 Å². The number of nitrogens with zero attached hydrogens (tertiary/aromatic N) is 3. The van der Waals surface area contributed by atoms with Gasteiger partial charge in [0.1, 0.15) is 10.0 Å². The number of nitrogens with two attached hydrogens (primary N) is 1. The molecule has 17 heavy (non-hydrogen) atoms. The monoisotopic (exact) mass is 244 g/mol. The van der Waals surface area contributed by atoms with Crippen LogP contribution in [0.15, 0.2) is 24.3 Å². The molecule has 2 rings (SSSR count). The van der Waals surface area contributed by atoms with Crippen LogP contribution in [0, 0.1) is 11.3 Å². The molecule has 0 amide bonds. The Morgan fingerprint density at radius 2 is 2.29 bits per heavy atom. The van der Waals surface area contributed by atoms with Crippen LogP contribution >= 0.6 is 11.3 Å². The molecule has 86 valence electrons. The van der Waals surface area contributed by atoms with Crippen molar-refractivity contribution >= 4 is 11.3 Å². The first kappa shape index (κ1) is 11.7. The lowest BCUT2D eigenvalue weighted by atomic mass is 10.1. The summed E-state index contributed by atoms with van der Waals surface area (Å²) in [6, 6.07) is 9.39. The summed E-state index contributed by atoms with van der Waals surface area (Å²) in [5, 5.41) is 18.7. The van der Waals surface area contributed by atoms with Crippen molar-refractivity contribution in [2.24, 2.45) is 5.73 Å². The molecule has 0 aliphatic rings. The lowest BCUT2D eigenvalue weighted by molar-refractivity contribution is 0.683. The maximum absolute atomic E-state index is 8.84. The second-order valence-electron chi connectivity index (χ2n) is 3.65. The van der Waals surface area contributed by atoms with E-state index in [2.05, 4.69) is 16.3 Å². The van der Waals surface area contributed by atoms with Gasteiger partial charge < -0.3 is 5.73 Å². The van der Waals surface area contributed by atoms with E-state index < -0.39 is 0 Å². The predicted molar refractivity (Wildman–Crippen MR) is 67.3 cm³/mol. The average Bonchev–Trinajstić information content (AvgIpc) is 2.87. The molecule has 1 aromatic carbocycles. The van der Waals surface area contributed by atoms with Gasteiger partial charge >= 0.3 is 0 Å². The van der Waals surface area contributed by atoms with E-state index in [1.165, 1.54) is 11.3 Å². The molecule has 0 saturated heterocycles. The van der Waals surface area contributed by atoms with Gasteiger partial charge in [-0.2, -0.15) is 5.26 Å². The maximum atomic E-state index is 8.84. The third kappa shape index (κ3) is 2.49. The van der Waals surface area contributed by atoms with Gasteiger partial charge in [-0.05, 0) is 18.6 Å². The molecule has 0 fully saturated rings. The summed E-state index contributed by atoms with van der Waals surface area (Å²) in [6.45, 7) is 2.02. The number of nitriles is 1. The highest BCUT2D eigenvalue weighted by Crippen LogP contribution is 2.27. The van der Waals surface area contributed by atoms with Crippen LogP contribution in [0.4, 0.5) is 0 Å². The molecule has 1 heterocycles. The van der Waals surface area contributed by atoms with Crippen molar-refractivity contribution < 1.29 is 0 Å². The zero-order valence-electron chi connectivity index (χ0n) is 9.42. The van der Waals surface area contributed by atoms with Crippen molar-refractivity contribution in [2.75, 3.05) is 0 Å². The van der Waals surface area contributed by atoms with Gasteiger partial charge in [0.15, 0.2) is 0 Å². The number of hydrogen-bond acceptors (Lipinski definition) is 5. The van der Waals surface area contributed by atoms with Crippen LogP contribution in [0.5, 0.6) is 0 Å². The van der Waals surface area contributed by atoms with Crippen molar-refractivity contribution in [1.82, 2.24) is 10.2 Å². The summed E-state index contributed by atoms with van der Waals surface area (Å²) >= 11 is 1.48.